The van der Waals surface area contributed by atoms with E-state index in [9.17, 15) is 39.3 Å². The van der Waals surface area contributed by atoms with Gasteiger partial charge >= 0.3 is 11.9 Å². The first-order valence-electron chi connectivity index (χ1n) is 14.6. The number of amides is 1. The van der Waals surface area contributed by atoms with E-state index in [4.69, 9.17) is 4.74 Å². The fourth-order valence-electron chi connectivity index (χ4n) is 8.46. The molecule has 41 heavy (non-hydrogen) atoms. The quantitative estimate of drug-likeness (QED) is 0.261. The molecule has 0 aromatic heterocycles. The van der Waals surface area contributed by atoms with Crippen LogP contribution in [-0.4, -0.2) is 81.1 Å². The number of thioether (sulfide) groups is 1. The zero-order valence-electron chi connectivity index (χ0n) is 24.1. The van der Waals surface area contributed by atoms with Crippen LogP contribution in [0, 0.1) is 28.6 Å². The van der Waals surface area contributed by atoms with Gasteiger partial charge in [0.15, 0.2) is 12.4 Å². The molecule has 4 aliphatic rings. The average Bonchev–Trinajstić information content (AvgIpc) is 3.19. The number of hydrogen-bond donors (Lipinski definition) is 4. The molecule has 3 saturated carbocycles. The molecule has 0 heterocycles. The molecule has 0 aliphatic heterocycles. The Morgan fingerprint density at radius 2 is 1.88 bits per heavy atom. The Morgan fingerprint density at radius 3 is 2.56 bits per heavy atom. The maximum atomic E-state index is 13.4. The van der Waals surface area contributed by atoms with Crippen molar-refractivity contribution in [3.8, 4) is 0 Å². The number of hydrogen-bond acceptors (Lipinski definition) is 9. The molecule has 1 amide bonds. The van der Waals surface area contributed by atoms with E-state index in [-0.39, 0.29) is 61.1 Å². The summed E-state index contributed by atoms with van der Waals surface area (Å²) >= 11 is 1.46. The predicted octanol–water partition coefficient (Wildman–Crippen LogP) is 2.44. The average molecular weight is 594 g/mol. The number of allylic oxidation sites excluding steroid dienone is 1. The van der Waals surface area contributed by atoms with E-state index >= 15 is 0 Å². The Kier molecular flexibility index (Phi) is 9.40. The number of nitrogens with one attached hydrogen (secondary N) is 1. The Balaban J connectivity index is 1.35. The van der Waals surface area contributed by atoms with Gasteiger partial charge < -0.3 is 25.4 Å². The standard InChI is InChI=1S/C30H43NO9S/c1-28-11-8-18(32)14-17(28)4-5-19-20-9-12-30(39,29(20,2)15-22(33)26(19)28)23(34)16-40-25(36)7-6-24(35)31-21(27(37)38)10-13-41-3/h14,19-22,26,33,39H,4-13,15-16H2,1-3H3,(H,31,35)(H,37,38)/t19-,20+,21-,22-,26-,28-,29-,30-/m0/s1. The first-order chi connectivity index (χ1) is 19.3. The van der Waals surface area contributed by atoms with Gasteiger partial charge in [0.25, 0.3) is 0 Å². The van der Waals surface area contributed by atoms with Crippen LogP contribution in [0.1, 0.15) is 78.1 Å². The monoisotopic (exact) mass is 593 g/mol. The van der Waals surface area contributed by atoms with Crippen LogP contribution in [0.3, 0.4) is 0 Å². The minimum Gasteiger partial charge on any atom is -0.480 e. The summed E-state index contributed by atoms with van der Waals surface area (Å²) < 4.78 is 5.15. The van der Waals surface area contributed by atoms with Gasteiger partial charge in [-0.3, -0.25) is 19.2 Å². The molecule has 8 atom stereocenters. The second-order valence-corrected chi connectivity index (χ2v) is 13.8. The van der Waals surface area contributed by atoms with Crippen LogP contribution in [0.4, 0.5) is 0 Å². The van der Waals surface area contributed by atoms with Gasteiger partial charge in [-0.1, -0.05) is 19.4 Å². The highest BCUT2D eigenvalue weighted by Crippen LogP contribution is 2.67. The van der Waals surface area contributed by atoms with Crippen LogP contribution in [0.5, 0.6) is 0 Å². The van der Waals surface area contributed by atoms with E-state index in [1.54, 1.807) is 6.08 Å². The number of rotatable bonds is 11. The van der Waals surface area contributed by atoms with Crippen molar-refractivity contribution in [2.45, 2.75) is 95.8 Å². The van der Waals surface area contributed by atoms with Crippen LogP contribution in [0.25, 0.3) is 0 Å². The maximum Gasteiger partial charge on any atom is 0.326 e. The van der Waals surface area contributed by atoms with Crippen molar-refractivity contribution in [3.05, 3.63) is 11.6 Å². The summed E-state index contributed by atoms with van der Waals surface area (Å²) in [5.74, 6) is -2.39. The van der Waals surface area contributed by atoms with Gasteiger partial charge in [-0.15, -0.1) is 0 Å². The number of aliphatic hydroxyl groups is 2. The number of aliphatic carboxylic acids is 1. The third-order valence-corrected chi connectivity index (χ3v) is 11.3. The molecule has 0 aromatic rings. The molecule has 10 nitrogen and oxygen atoms in total. The minimum atomic E-state index is -1.76. The van der Waals surface area contributed by atoms with Crippen LogP contribution in [0.15, 0.2) is 11.6 Å². The largest absolute Gasteiger partial charge is 0.480 e. The van der Waals surface area contributed by atoms with Gasteiger partial charge in [-0.05, 0) is 86.2 Å². The Labute approximate surface area is 245 Å². The molecule has 3 fully saturated rings. The van der Waals surface area contributed by atoms with Gasteiger partial charge in [0.2, 0.25) is 11.7 Å². The van der Waals surface area contributed by atoms with Crippen molar-refractivity contribution in [2.24, 2.45) is 28.6 Å². The summed E-state index contributed by atoms with van der Waals surface area (Å²) in [5.41, 5.74) is -1.81. The highest BCUT2D eigenvalue weighted by atomic mass is 32.2. The molecule has 0 radical (unpaired) electrons. The van der Waals surface area contributed by atoms with E-state index in [2.05, 4.69) is 12.2 Å². The van der Waals surface area contributed by atoms with Crippen molar-refractivity contribution < 1.29 is 44.0 Å². The first kappa shape index (κ1) is 31.7. The molecule has 0 aromatic carbocycles. The molecule has 4 rings (SSSR count). The number of Topliss-reactive ketones (excluding diaryl/α,β-unsaturated/α-hetero) is 1. The number of ether oxygens (including phenoxy) is 1. The zero-order valence-corrected chi connectivity index (χ0v) is 25.0. The van der Waals surface area contributed by atoms with Crippen molar-refractivity contribution >= 4 is 41.2 Å². The Hall–Kier alpha value is -2.24. The van der Waals surface area contributed by atoms with E-state index in [0.29, 0.717) is 25.0 Å². The number of carbonyl (C=O) groups excluding carboxylic acids is 4. The molecular formula is C30H43NO9S. The third kappa shape index (κ3) is 5.86. The number of carbonyl (C=O) groups is 5. The van der Waals surface area contributed by atoms with Crippen molar-refractivity contribution in [1.29, 1.82) is 0 Å². The molecular weight excluding hydrogens is 550 g/mol. The number of aliphatic hydroxyl groups excluding tert-OH is 1. The highest BCUT2D eigenvalue weighted by molar-refractivity contribution is 7.98. The molecule has 11 heteroatoms. The molecule has 4 N–H and O–H groups in total. The Bertz CT molecular complexity index is 1120. The fourth-order valence-corrected chi connectivity index (χ4v) is 8.93. The van der Waals surface area contributed by atoms with Crippen LogP contribution >= 0.6 is 11.8 Å². The molecule has 228 valence electrons. The van der Waals surface area contributed by atoms with Gasteiger partial charge in [0.05, 0.1) is 12.5 Å². The van der Waals surface area contributed by atoms with Gasteiger partial charge in [-0.2, -0.15) is 11.8 Å². The fraction of sp³-hybridized carbons (Fsp3) is 0.767. The van der Waals surface area contributed by atoms with E-state index < -0.39 is 53.4 Å². The molecule has 0 spiro atoms. The van der Waals surface area contributed by atoms with Crippen molar-refractivity contribution in [2.75, 3.05) is 18.6 Å². The normalized spacial score (nSPS) is 36.7. The van der Waals surface area contributed by atoms with E-state index in [1.165, 1.54) is 11.8 Å². The number of esters is 1. The lowest BCUT2D eigenvalue weighted by Crippen LogP contribution is -2.62. The maximum absolute atomic E-state index is 13.4. The van der Waals surface area contributed by atoms with Crippen LogP contribution in [0.2, 0.25) is 0 Å². The van der Waals surface area contributed by atoms with Crippen molar-refractivity contribution in [1.82, 2.24) is 5.32 Å². The first-order valence-corrected chi connectivity index (χ1v) is 16.0. The zero-order chi connectivity index (χ0) is 30.2. The molecule has 0 unspecified atom stereocenters. The van der Waals surface area contributed by atoms with E-state index in [1.807, 2.05) is 13.2 Å². The summed E-state index contributed by atoms with van der Waals surface area (Å²) in [6, 6.07) is -1.04. The predicted molar refractivity (Wildman–Crippen MR) is 151 cm³/mol. The number of ketones is 2. The molecule has 4 aliphatic carbocycles. The summed E-state index contributed by atoms with van der Waals surface area (Å²) in [5, 5.41) is 34.9. The van der Waals surface area contributed by atoms with Crippen molar-refractivity contribution in [3.63, 3.8) is 0 Å². The second kappa shape index (κ2) is 12.2. The topological polar surface area (TPSA) is 167 Å². The van der Waals surface area contributed by atoms with Gasteiger partial charge in [-0.25, -0.2) is 4.79 Å². The number of carboxylic acid groups (broad SMARTS) is 1. The minimum absolute atomic E-state index is 0.00791. The third-order valence-electron chi connectivity index (χ3n) is 10.7. The summed E-state index contributed by atoms with van der Waals surface area (Å²) in [6.45, 7) is 3.37. The second-order valence-electron chi connectivity index (χ2n) is 12.8. The van der Waals surface area contributed by atoms with E-state index in [0.717, 1.165) is 18.4 Å². The van der Waals surface area contributed by atoms with Gasteiger partial charge in [0, 0.05) is 18.3 Å². The lowest BCUT2D eigenvalue weighted by Gasteiger charge is -2.60. The highest BCUT2D eigenvalue weighted by Gasteiger charge is 2.68. The van der Waals surface area contributed by atoms with Crippen LogP contribution in [-0.2, 0) is 28.7 Å². The lowest BCUT2D eigenvalue weighted by atomic mass is 9.45. The molecule has 0 bridgehead atoms. The van der Waals surface area contributed by atoms with Crippen LogP contribution < -0.4 is 5.32 Å². The summed E-state index contributed by atoms with van der Waals surface area (Å²) in [4.78, 5) is 61.3. The Morgan fingerprint density at radius 1 is 1.15 bits per heavy atom. The summed E-state index contributed by atoms with van der Waals surface area (Å²) in [7, 11) is 0. The summed E-state index contributed by atoms with van der Waals surface area (Å²) in [6.07, 6.45) is 6.30. The molecule has 0 saturated heterocycles. The number of carboxylic acids is 1. The van der Waals surface area contributed by atoms with Gasteiger partial charge in [0.1, 0.15) is 11.6 Å². The SMILES string of the molecule is CSCC[C@H](NC(=O)CCC(=O)OCC(=O)[C@@]1(O)CC[C@@H]2[C@@H]3CCC4=CC(=O)CC[C@]4(C)[C@@H]3[C@@H](O)C[C@@]21C)C(=O)O. The number of fused-ring (bicyclic) bond motifs is 5. The smallest absolute Gasteiger partial charge is 0.326 e. The lowest BCUT2D eigenvalue weighted by molar-refractivity contribution is -0.184.